The summed E-state index contributed by atoms with van der Waals surface area (Å²) in [6, 6.07) is 11.1. The minimum atomic E-state index is -3.65. The van der Waals surface area contributed by atoms with E-state index in [0.717, 1.165) is 42.8 Å². The summed E-state index contributed by atoms with van der Waals surface area (Å²) in [4.78, 5) is 14.1. The maximum Gasteiger partial charge on any atom is 0.335 e. The Hall–Kier alpha value is -2.37. The molecule has 11 heteroatoms. The number of anilines is 1. The van der Waals surface area contributed by atoms with E-state index in [1.54, 1.807) is 18.2 Å². The minimum absolute atomic E-state index is 0.00904. The van der Waals surface area contributed by atoms with Gasteiger partial charge in [-0.2, -0.15) is 0 Å². The Morgan fingerprint density at radius 2 is 2.07 bits per heavy atom. The van der Waals surface area contributed by atoms with Crippen molar-refractivity contribution in [2.75, 3.05) is 37.8 Å². The largest absolute Gasteiger partial charge is 0.490 e. The monoisotopic (exact) mass is 606 g/mol. The van der Waals surface area contributed by atoms with Gasteiger partial charge >= 0.3 is 5.97 Å². The highest BCUT2D eigenvalue weighted by Crippen LogP contribution is 2.46. The molecule has 1 fully saturated rings. The summed E-state index contributed by atoms with van der Waals surface area (Å²) in [7, 11) is -3.65. The summed E-state index contributed by atoms with van der Waals surface area (Å²) in [5.74, 6) is -0.0455. The van der Waals surface area contributed by atoms with E-state index < -0.39 is 27.3 Å². The van der Waals surface area contributed by atoms with Crippen molar-refractivity contribution in [3.8, 4) is 5.75 Å². The third-order valence-electron chi connectivity index (χ3n) is 9.18. The zero-order chi connectivity index (χ0) is 29.4. The van der Waals surface area contributed by atoms with Crippen LogP contribution in [0.4, 0.5) is 5.69 Å². The van der Waals surface area contributed by atoms with E-state index in [4.69, 9.17) is 26.2 Å². The first-order chi connectivity index (χ1) is 19.5. The molecule has 2 aromatic rings. The van der Waals surface area contributed by atoms with Gasteiger partial charge in [-0.05, 0) is 98.7 Å². The topological polar surface area (TPSA) is 139 Å². The molecule has 0 saturated heterocycles. The third-order valence-corrected chi connectivity index (χ3v) is 10.7. The number of fused-ring (bicyclic) bond motifs is 3. The number of hydrogen-bond acceptors (Lipinski definition) is 7. The van der Waals surface area contributed by atoms with Gasteiger partial charge in [0.2, 0.25) is 10.0 Å². The predicted octanol–water partition coefficient (Wildman–Crippen LogP) is 3.98. The van der Waals surface area contributed by atoms with Crippen LogP contribution < -0.4 is 14.8 Å². The number of rotatable bonds is 10. The number of ether oxygens (including phenoxy) is 2. The molecule has 5 atom stereocenters. The number of sulfonamides is 1. The van der Waals surface area contributed by atoms with Gasteiger partial charge in [0.25, 0.3) is 0 Å². The third kappa shape index (κ3) is 6.51. The fourth-order valence-corrected chi connectivity index (χ4v) is 7.10. The molecule has 2 aromatic carbocycles. The Balaban J connectivity index is 1.34. The van der Waals surface area contributed by atoms with Crippen LogP contribution in [0.25, 0.3) is 0 Å². The van der Waals surface area contributed by atoms with E-state index in [1.165, 1.54) is 18.1 Å². The normalized spacial score (nSPS) is 25.3. The molecular formula is C30H39ClN2O7S. The first-order valence-electron chi connectivity index (χ1n) is 14.3. The average molecular weight is 607 g/mol. The molecule has 0 aromatic heterocycles. The molecule has 1 heterocycles. The van der Waals surface area contributed by atoms with Crippen LogP contribution in [0.3, 0.4) is 0 Å². The second-order valence-corrected chi connectivity index (χ2v) is 14.3. The number of aromatic carboxylic acids is 1. The summed E-state index contributed by atoms with van der Waals surface area (Å²) in [5, 5.41) is 25.8. The smallest absolute Gasteiger partial charge is 0.335 e. The maximum absolute atomic E-state index is 11.9. The number of carboxylic acid groups (broad SMARTS) is 1. The van der Waals surface area contributed by atoms with E-state index in [2.05, 4.69) is 11.0 Å². The van der Waals surface area contributed by atoms with E-state index in [9.17, 15) is 23.4 Å². The number of primary sulfonamides is 1. The van der Waals surface area contributed by atoms with Crippen molar-refractivity contribution in [2.24, 2.45) is 17.0 Å². The van der Waals surface area contributed by atoms with Gasteiger partial charge in [0.1, 0.15) is 5.75 Å². The summed E-state index contributed by atoms with van der Waals surface area (Å²) in [5.41, 5.74) is 3.17. The highest BCUT2D eigenvalue weighted by molar-refractivity contribution is 7.89. The average Bonchev–Trinajstić information content (AvgIpc) is 3.05. The van der Waals surface area contributed by atoms with E-state index in [1.807, 2.05) is 12.1 Å². The Kier molecular flexibility index (Phi) is 8.87. The van der Waals surface area contributed by atoms with Crippen LogP contribution in [0.5, 0.6) is 5.75 Å². The van der Waals surface area contributed by atoms with Crippen LogP contribution in [0.1, 0.15) is 60.5 Å². The molecule has 5 rings (SSSR count). The predicted molar refractivity (Wildman–Crippen MR) is 157 cm³/mol. The Morgan fingerprint density at radius 3 is 2.78 bits per heavy atom. The molecule has 224 valence electrons. The molecule has 9 nitrogen and oxygen atoms in total. The molecule has 4 N–H and O–H groups in total. The molecule has 0 radical (unpaired) electrons. The fourth-order valence-electron chi connectivity index (χ4n) is 6.62. The number of aliphatic hydroxyl groups excluding tert-OH is 1. The van der Waals surface area contributed by atoms with Gasteiger partial charge in [-0.25, -0.2) is 18.4 Å². The SMILES string of the molecule is C[C@@H](COCC[C@H](O)[C@@H]1CC[C@H]1CN1C[C@@]2(CCCc3cc(Cl)ccc32)COc2ccc(C(=O)O)cc21)S(N)(=O)=O. The number of nitrogens with two attached hydrogens (primary N) is 1. The first kappa shape index (κ1) is 30.1. The lowest BCUT2D eigenvalue weighted by atomic mass is 9.68. The van der Waals surface area contributed by atoms with Crippen molar-refractivity contribution in [3.05, 3.63) is 58.1 Å². The molecule has 41 heavy (non-hydrogen) atoms. The van der Waals surface area contributed by atoms with Crippen molar-refractivity contribution >= 4 is 33.3 Å². The number of nitrogens with zero attached hydrogens (tertiary/aromatic N) is 1. The van der Waals surface area contributed by atoms with E-state index >= 15 is 0 Å². The molecular weight excluding hydrogens is 568 g/mol. The van der Waals surface area contributed by atoms with Crippen LogP contribution >= 0.6 is 11.6 Å². The number of benzene rings is 2. The van der Waals surface area contributed by atoms with Crippen LogP contribution in [0.15, 0.2) is 36.4 Å². The Bertz CT molecular complexity index is 1390. The molecule has 0 amide bonds. The minimum Gasteiger partial charge on any atom is -0.490 e. The summed E-state index contributed by atoms with van der Waals surface area (Å²) in [6.45, 7) is 3.56. The lowest BCUT2D eigenvalue weighted by molar-refractivity contribution is -0.00810. The molecule has 0 unspecified atom stereocenters. The number of halogens is 1. The summed E-state index contributed by atoms with van der Waals surface area (Å²) < 4.78 is 34.8. The highest BCUT2D eigenvalue weighted by Gasteiger charge is 2.44. The number of carboxylic acids is 1. The molecule has 1 saturated carbocycles. The van der Waals surface area contributed by atoms with Crippen molar-refractivity contribution in [2.45, 2.75) is 62.2 Å². The quantitative estimate of drug-likeness (QED) is 0.345. The second kappa shape index (κ2) is 12.1. The molecule has 3 aliphatic rings. The number of aliphatic hydroxyl groups is 1. The molecule has 2 aliphatic carbocycles. The van der Waals surface area contributed by atoms with E-state index in [-0.39, 0.29) is 36.0 Å². The van der Waals surface area contributed by atoms with Crippen molar-refractivity contribution in [1.82, 2.24) is 0 Å². The van der Waals surface area contributed by atoms with Gasteiger partial charge in [-0.1, -0.05) is 17.7 Å². The lowest BCUT2D eigenvalue weighted by Crippen LogP contribution is -2.49. The Labute approximate surface area is 246 Å². The molecule has 1 spiro atoms. The Morgan fingerprint density at radius 1 is 1.27 bits per heavy atom. The van der Waals surface area contributed by atoms with Crippen LogP contribution in [0.2, 0.25) is 5.02 Å². The van der Waals surface area contributed by atoms with Gasteiger partial charge < -0.3 is 24.6 Å². The summed E-state index contributed by atoms with van der Waals surface area (Å²) >= 11 is 6.34. The van der Waals surface area contributed by atoms with Crippen LogP contribution in [-0.2, 0) is 26.6 Å². The fraction of sp³-hybridized carbons (Fsp3) is 0.567. The van der Waals surface area contributed by atoms with Gasteiger partial charge in [-0.3, -0.25) is 0 Å². The standard InChI is InChI=1S/C30H39ClN2O7S/c1-19(41(32,37)38)16-39-12-10-27(34)24-7-4-22(24)15-33-17-30(11-2-3-20-13-23(31)6-8-25(20)30)18-40-28-9-5-21(29(35)36)14-26(28)33/h5-6,8-9,13-14,19,22,24,27,34H,2-4,7,10-12,15-18H2,1H3,(H,35,36)(H2,32,37,38)/t19-,22-,24+,27-,30-/m0/s1. The van der Waals surface area contributed by atoms with E-state index in [0.29, 0.717) is 31.9 Å². The lowest BCUT2D eigenvalue weighted by Gasteiger charge is -2.45. The van der Waals surface area contributed by atoms with Gasteiger partial charge in [0, 0.05) is 30.1 Å². The van der Waals surface area contributed by atoms with Crippen LogP contribution in [0, 0.1) is 11.8 Å². The number of carbonyl (C=O) groups is 1. The zero-order valence-corrected chi connectivity index (χ0v) is 24.9. The van der Waals surface area contributed by atoms with Gasteiger partial charge in [-0.15, -0.1) is 0 Å². The first-order valence-corrected chi connectivity index (χ1v) is 16.3. The van der Waals surface area contributed by atoms with Crippen molar-refractivity contribution < 1.29 is 32.9 Å². The molecule has 0 bridgehead atoms. The van der Waals surface area contributed by atoms with Gasteiger partial charge in [0.05, 0.1) is 35.8 Å². The van der Waals surface area contributed by atoms with Crippen molar-refractivity contribution in [3.63, 3.8) is 0 Å². The zero-order valence-electron chi connectivity index (χ0n) is 23.3. The highest BCUT2D eigenvalue weighted by atomic mass is 35.5. The van der Waals surface area contributed by atoms with Gasteiger partial charge in [0.15, 0.2) is 0 Å². The maximum atomic E-state index is 11.9. The number of aryl methyl sites for hydroxylation is 1. The summed E-state index contributed by atoms with van der Waals surface area (Å²) in [6.07, 6.45) is 4.58. The number of hydrogen-bond donors (Lipinski definition) is 3. The molecule has 1 aliphatic heterocycles. The van der Waals surface area contributed by atoms with Crippen LogP contribution in [-0.4, -0.2) is 68.9 Å². The van der Waals surface area contributed by atoms with Crippen molar-refractivity contribution in [1.29, 1.82) is 0 Å². The second-order valence-electron chi connectivity index (χ2n) is 11.9.